The van der Waals surface area contributed by atoms with Gasteiger partial charge < -0.3 is 14.6 Å². The van der Waals surface area contributed by atoms with Crippen molar-refractivity contribution in [3.8, 4) is 0 Å². The molecule has 1 N–H and O–H groups in total. The van der Waals surface area contributed by atoms with Crippen LogP contribution in [-0.2, 0) is 19.1 Å². The van der Waals surface area contributed by atoms with Crippen LogP contribution in [0.1, 0.15) is 40.5 Å². The van der Waals surface area contributed by atoms with Crippen molar-refractivity contribution < 1.29 is 24.2 Å². The first-order chi connectivity index (χ1) is 11.7. The third-order valence-electron chi connectivity index (χ3n) is 6.10. The van der Waals surface area contributed by atoms with Gasteiger partial charge in [-0.3, -0.25) is 0 Å². The lowest BCUT2D eigenvalue weighted by atomic mass is 9.76. The van der Waals surface area contributed by atoms with E-state index < -0.39 is 35.7 Å². The molecule has 5 heteroatoms. The maximum Gasteiger partial charge on any atom is 0.334 e. The Morgan fingerprint density at radius 3 is 2.80 bits per heavy atom. The summed E-state index contributed by atoms with van der Waals surface area (Å²) >= 11 is 0. The van der Waals surface area contributed by atoms with Gasteiger partial charge in [-0.15, -0.1) is 0 Å². The van der Waals surface area contributed by atoms with Crippen molar-refractivity contribution >= 4 is 11.9 Å². The predicted octanol–water partition coefficient (Wildman–Crippen LogP) is 2.70. The zero-order chi connectivity index (χ0) is 18.5. The van der Waals surface area contributed by atoms with E-state index in [0.29, 0.717) is 11.1 Å². The highest BCUT2D eigenvalue weighted by Crippen LogP contribution is 2.52. The van der Waals surface area contributed by atoms with Crippen molar-refractivity contribution in [2.24, 2.45) is 17.8 Å². The maximum atomic E-state index is 12.3. The Morgan fingerprint density at radius 2 is 2.16 bits per heavy atom. The molecule has 1 heterocycles. The van der Waals surface area contributed by atoms with E-state index in [9.17, 15) is 14.7 Å². The van der Waals surface area contributed by atoms with Gasteiger partial charge in [0.2, 0.25) is 0 Å². The molecule has 1 aliphatic heterocycles. The first-order valence-corrected chi connectivity index (χ1v) is 8.80. The number of hydrogen-bond acceptors (Lipinski definition) is 5. The van der Waals surface area contributed by atoms with Crippen LogP contribution in [0, 0.1) is 17.8 Å². The first kappa shape index (κ1) is 17.9. The lowest BCUT2D eigenvalue weighted by Crippen LogP contribution is -2.40. The molecular formula is C20H26O5. The van der Waals surface area contributed by atoms with Crippen molar-refractivity contribution in [1.29, 1.82) is 0 Å². The minimum atomic E-state index is -1.02. The zero-order valence-electron chi connectivity index (χ0n) is 15.2. The van der Waals surface area contributed by atoms with Crippen molar-refractivity contribution in [3.63, 3.8) is 0 Å². The molecule has 136 valence electrons. The second kappa shape index (κ2) is 6.13. The first-order valence-electron chi connectivity index (χ1n) is 8.80. The number of aliphatic hydroxyl groups is 1. The average molecular weight is 346 g/mol. The second-order valence-electron chi connectivity index (χ2n) is 7.71. The molecule has 0 spiro atoms. The monoisotopic (exact) mass is 346 g/mol. The molecule has 0 aromatic heterocycles. The molecule has 1 saturated heterocycles. The molecule has 0 amide bonds. The highest BCUT2D eigenvalue weighted by atomic mass is 16.6. The van der Waals surface area contributed by atoms with E-state index in [0.717, 1.165) is 12.0 Å². The molecule has 2 fully saturated rings. The van der Waals surface area contributed by atoms with E-state index in [1.54, 1.807) is 26.8 Å². The maximum absolute atomic E-state index is 12.3. The van der Waals surface area contributed by atoms with E-state index in [1.807, 2.05) is 6.92 Å². The number of fused-ring (bicyclic) bond motifs is 3. The lowest BCUT2D eigenvalue weighted by molar-refractivity contribution is -0.150. The fourth-order valence-electron chi connectivity index (χ4n) is 4.53. The van der Waals surface area contributed by atoms with Crippen LogP contribution in [0.5, 0.6) is 0 Å². The molecule has 0 radical (unpaired) electrons. The summed E-state index contributed by atoms with van der Waals surface area (Å²) in [5.74, 6) is -1.43. The molecular weight excluding hydrogens is 320 g/mol. The number of carbonyl (C=O) groups is 2. The Bertz CT molecular complexity index is 684. The lowest BCUT2D eigenvalue weighted by Gasteiger charge is -2.34. The summed E-state index contributed by atoms with van der Waals surface area (Å²) in [5, 5.41) is 11.1. The molecule has 0 aromatic carbocycles. The van der Waals surface area contributed by atoms with Crippen LogP contribution in [0.15, 0.2) is 35.5 Å². The molecule has 3 aliphatic rings. The van der Waals surface area contributed by atoms with Crippen molar-refractivity contribution in [3.05, 3.63) is 35.5 Å². The largest absolute Gasteiger partial charge is 0.458 e. The van der Waals surface area contributed by atoms with Gasteiger partial charge in [-0.05, 0) is 34.1 Å². The van der Waals surface area contributed by atoms with Gasteiger partial charge in [-0.1, -0.05) is 24.3 Å². The van der Waals surface area contributed by atoms with Crippen LogP contribution in [0.4, 0.5) is 0 Å². The van der Waals surface area contributed by atoms with Gasteiger partial charge in [0, 0.05) is 29.4 Å². The fraction of sp³-hybridized carbons (Fsp3) is 0.600. The second-order valence-corrected chi connectivity index (χ2v) is 7.71. The van der Waals surface area contributed by atoms with Crippen LogP contribution in [0.3, 0.4) is 0 Å². The fourth-order valence-corrected chi connectivity index (χ4v) is 4.53. The Kier molecular flexibility index (Phi) is 4.40. The number of rotatable bonds is 2. The van der Waals surface area contributed by atoms with Crippen LogP contribution >= 0.6 is 0 Å². The summed E-state index contributed by atoms with van der Waals surface area (Å²) in [7, 11) is 0. The number of hydrogen-bond donors (Lipinski definition) is 1. The van der Waals surface area contributed by atoms with Gasteiger partial charge in [-0.2, -0.15) is 0 Å². The molecule has 2 aliphatic carbocycles. The van der Waals surface area contributed by atoms with E-state index in [1.165, 1.54) is 0 Å². The van der Waals surface area contributed by atoms with E-state index in [-0.39, 0.29) is 18.3 Å². The van der Waals surface area contributed by atoms with Gasteiger partial charge in [0.05, 0.1) is 11.5 Å². The number of ether oxygens (including phenoxy) is 2. The van der Waals surface area contributed by atoms with Crippen molar-refractivity contribution in [2.45, 2.75) is 58.3 Å². The van der Waals surface area contributed by atoms with Crippen LogP contribution in [-0.4, -0.2) is 34.9 Å². The Labute approximate surface area is 148 Å². The number of carbonyl (C=O) groups excluding carboxylic acids is 2. The van der Waals surface area contributed by atoms with E-state index in [2.05, 4.69) is 12.7 Å². The molecule has 5 nitrogen and oxygen atoms in total. The van der Waals surface area contributed by atoms with Gasteiger partial charge >= 0.3 is 11.9 Å². The number of esters is 2. The summed E-state index contributed by atoms with van der Waals surface area (Å²) < 4.78 is 11.4. The summed E-state index contributed by atoms with van der Waals surface area (Å²) in [5.41, 5.74) is 0.911. The molecule has 0 bridgehead atoms. The molecule has 25 heavy (non-hydrogen) atoms. The van der Waals surface area contributed by atoms with Crippen molar-refractivity contribution in [2.75, 3.05) is 0 Å². The standard InChI is InChI=1S/C20H26O5/c1-6-10(2)18(21)24-14-9-20(5,23)13-8-7-11(3)15(13)17-16(14)12(4)19(22)25-17/h6-7,13-17,23H,4,8-9H2,1-3,5H3/b10-6-/t13-,14-,15+,16-,17-,20-/m1/s1. The van der Waals surface area contributed by atoms with E-state index >= 15 is 0 Å². The SMILES string of the molecule is C=C1C(=O)O[C@@H]2[C@H]3C(C)=CC[C@H]3[C@](C)(O)C[C@@H](OC(=O)/C(C)=C\C)[C@@H]12. The third-order valence-corrected chi connectivity index (χ3v) is 6.10. The summed E-state index contributed by atoms with van der Waals surface area (Å²) in [6, 6.07) is 0. The Balaban J connectivity index is 2.01. The minimum absolute atomic E-state index is 0.0646. The summed E-state index contributed by atoms with van der Waals surface area (Å²) in [6.45, 7) is 11.1. The zero-order valence-corrected chi connectivity index (χ0v) is 15.2. The van der Waals surface area contributed by atoms with Crippen LogP contribution < -0.4 is 0 Å². The molecule has 3 rings (SSSR count). The van der Waals surface area contributed by atoms with Crippen LogP contribution in [0.25, 0.3) is 0 Å². The topological polar surface area (TPSA) is 72.8 Å². The van der Waals surface area contributed by atoms with Gasteiger partial charge in [-0.25, -0.2) is 9.59 Å². The Hall–Kier alpha value is -1.88. The summed E-state index contributed by atoms with van der Waals surface area (Å²) in [4.78, 5) is 24.5. The highest BCUT2D eigenvalue weighted by Gasteiger charge is 2.58. The quantitative estimate of drug-likeness (QED) is 0.473. The van der Waals surface area contributed by atoms with Gasteiger partial charge in [0.1, 0.15) is 12.2 Å². The highest BCUT2D eigenvalue weighted by molar-refractivity contribution is 5.91. The number of allylic oxidation sites excluding steroid dienone is 2. The third kappa shape index (κ3) is 2.84. The molecule has 6 atom stereocenters. The van der Waals surface area contributed by atoms with Gasteiger partial charge in [0.15, 0.2) is 0 Å². The normalized spacial score (nSPS) is 40.8. The minimum Gasteiger partial charge on any atom is -0.458 e. The predicted molar refractivity (Wildman–Crippen MR) is 92.4 cm³/mol. The van der Waals surface area contributed by atoms with Crippen LogP contribution in [0.2, 0.25) is 0 Å². The van der Waals surface area contributed by atoms with Gasteiger partial charge in [0.25, 0.3) is 0 Å². The summed E-state index contributed by atoms with van der Waals surface area (Å²) in [6.07, 6.45) is 3.69. The molecule has 0 unspecified atom stereocenters. The average Bonchev–Trinajstić information content (AvgIpc) is 3.03. The smallest absolute Gasteiger partial charge is 0.334 e. The van der Waals surface area contributed by atoms with E-state index in [4.69, 9.17) is 9.47 Å². The molecule has 1 saturated carbocycles. The molecule has 0 aromatic rings. The Morgan fingerprint density at radius 1 is 1.48 bits per heavy atom. The van der Waals surface area contributed by atoms with Crippen molar-refractivity contribution in [1.82, 2.24) is 0 Å².